The number of urea groups is 1. The van der Waals surface area contributed by atoms with Crippen molar-refractivity contribution in [2.45, 2.75) is 0 Å². The van der Waals surface area contributed by atoms with E-state index in [2.05, 4.69) is 0 Å². The van der Waals surface area contributed by atoms with E-state index in [9.17, 15) is 14.9 Å². The van der Waals surface area contributed by atoms with Gasteiger partial charge in [0.1, 0.15) is 0 Å². The normalized spacial score (nSPS) is 25.5. The lowest BCUT2D eigenvalue weighted by atomic mass is 10.1. The molecular weight excluding hydrogens is 252 g/mol. The molecule has 0 N–H and O–H groups in total. The Morgan fingerprint density at radius 3 is 2.44 bits per heavy atom. The van der Waals surface area contributed by atoms with E-state index in [0.29, 0.717) is 5.84 Å². The molecule has 2 aliphatic heterocycles. The molecule has 0 aromatic heterocycles. The van der Waals surface area contributed by atoms with Gasteiger partial charge in [0.2, 0.25) is 5.92 Å². The number of carbonyl (C=O) groups excluding carboxylic acids is 2. The molecular formula is C11H15N4O2S+. The quantitative estimate of drug-likeness (QED) is 0.570. The molecule has 1 atom stereocenters. The molecule has 2 rings (SSSR count). The van der Waals surface area contributed by atoms with Crippen molar-refractivity contribution in [1.82, 2.24) is 9.80 Å². The number of amides is 3. The minimum Gasteiger partial charge on any atom is -0.272 e. The fourth-order valence-corrected chi connectivity index (χ4v) is 3.12. The zero-order valence-corrected chi connectivity index (χ0v) is 11.2. The largest absolute Gasteiger partial charge is 0.417 e. The summed E-state index contributed by atoms with van der Waals surface area (Å²) in [5.74, 6) is 1.13. The van der Waals surface area contributed by atoms with Crippen LogP contribution in [0.1, 0.15) is 0 Å². The van der Waals surface area contributed by atoms with Crippen molar-refractivity contribution in [3.8, 4) is 6.07 Å². The maximum Gasteiger partial charge on any atom is 0.417 e. The van der Waals surface area contributed by atoms with E-state index in [4.69, 9.17) is 0 Å². The summed E-state index contributed by atoms with van der Waals surface area (Å²) in [6, 6.07) is 1.64. The van der Waals surface area contributed by atoms with Crippen molar-refractivity contribution in [3.63, 3.8) is 0 Å². The van der Waals surface area contributed by atoms with Crippen LogP contribution in [0.4, 0.5) is 4.79 Å². The lowest BCUT2D eigenvalue weighted by molar-refractivity contribution is -0.526. The summed E-state index contributed by atoms with van der Waals surface area (Å²) >= 11 is 1.84. The number of amidine groups is 1. The van der Waals surface area contributed by atoms with Crippen LogP contribution in [0.25, 0.3) is 0 Å². The van der Waals surface area contributed by atoms with Crippen LogP contribution in [0.2, 0.25) is 0 Å². The first-order valence-corrected chi connectivity index (χ1v) is 6.87. The molecule has 2 fully saturated rings. The summed E-state index contributed by atoms with van der Waals surface area (Å²) < 4.78 is 1.98. The molecule has 0 aliphatic carbocycles. The van der Waals surface area contributed by atoms with E-state index in [1.54, 1.807) is 7.05 Å². The number of hydrogen-bond acceptors (Lipinski definition) is 4. The molecule has 0 aromatic carbocycles. The van der Waals surface area contributed by atoms with Crippen LogP contribution in [0, 0.1) is 17.2 Å². The van der Waals surface area contributed by atoms with Gasteiger partial charge in [0, 0.05) is 18.6 Å². The Kier molecular flexibility index (Phi) is 3.57. The molecule has 0 radical (unpaired) electrons. The van der Waals surface area contributed by atoms with E-state index < -0.39 is 11.8 Å². The Morgan fingerprint density at radius 1 is 1.28 bits per heavy atom. The molecule has 6 nitrogen and oxygen atoms in total. The van der Waals surface area contributed by atoms with Crippen molar-refractivity contribution in [2.24, 2.45) is 5.92 Å². The second-order valence-electron chi connectivity index (χ2n) is 4.26. The van der Waals surface area contributed by atoms with Gasteiger partial charge in [0.05, 0.1) is 26.2 Å². The third-order valence-corrected chi connectivity index (χ3v) is 4.16. The maximum absolute atomic E-state index is 12.0. The third-order valence-electron chi connectivity index (χ3n) is 3.22. The van der Waals surface area contributed by atoms with Gasteiger partial charge in [-0.25, -0.2) is 9.69 Å². The Morgan fingerprint density at radius 2 is 1.89 bits per heavy atom. The van der Waals surface area contributed by atoms with Crippen LogP contribution in [0.3, 0.4) is 0 Å². The summed E-state index contributed by atoms with van der Waals surface area (Å²) in [5, 5.41) is 9.20. The number of carbonyl (C=O) groups is 2. The number of imide groups is 1. The van der Waals surface area contributed by atoms with E-state index in [1.165, 1.54) is 11.9 Å². The summed E-state index contributed by atoms with van der Waals surface area (Å²) in [7, 11) is 3.03. The highest BCUT2D eigenvalue weighted by atomic mass is 32.2. The van der Waals surface area contributed by atoms with Gasteiger partial charge in [-0.3, -0.25) is 9.37 Å². The van der Waals surface area contributed by atoms with Crippen molar-refractivity contribution in [2.75, 3.05) is 38.7 Å². The lowest BCUT2D eigenvalue weighted by Gasteiger charge is -2.30. The van der Waals surface area contributed by atoms with E-state index in [-0.39, 0.29) is 6.03 Å². The number of nitrogens with zero attached hydrogens (tertiary/aromatic N) is 4. The van der Waals surface area contributed by atoms with Crippen LogP contribution in [-0.4, -0.2) is 70.8 Å². The fraction of sp³-hybridized carbons (Fsp3) is 0.636. The lowest BCUT2D eigenvalue weighted by Crippen LogP contribution is -2.59. The molecule has 2 aliphatic rings. The Balaban J connectivity index is 2.45. The van der Waals surface area contributed by atoms with Crippen LogP contribution >= 0.6 is 11.8 Å². The third kappa shape index (κ3) is 1.97. The Labute approximate surface area is 110 Å². The summed E-state index contributed by atoms with van der Waals surface area (Å²) in [6.07, 6.45) is 0. The molecule has 2 heterocycles. The van der Waals surface area contributed by atoms with Gasteiger partial charge in [0.25, 0.3) is 11.7 Å². The van der Waals surface area contributed by atoms with Gasteiger partial charge < -0.3 is 0 Å². The molecule has 2 saturated heterocycles. The molecule has 96 valence electrons. The van der Waals surface area contributed by atoms with Crippen LogP contribution < -0.4 is 0 Å². The van der Waals surface area contributed by atoms with Gasteiger partial charge in [-0.2, -0.15) is 21.9 Å². The minimum atomic E-state index is -0.874. The number of nitriles is 1. The van der Waals surface area contributed by atoms with Crippen LogP contribution in [0.15, 0.2) is 0 Å². The monoisotopic (exact) mass is 267 g/mol. The molecule has 0 spiro atoms. The predicted molar refractivity (Wildman–Crippen MR) is 67.4 cm³/mol. The van der Waals surface area contributed by atoms with Crippen molar-refractivity contribution in [1.29, 1.82) is 5.26 Å². The molecule has 0 bridgehead atoms. The number of hydrogen-bond donors (Lipinski definition) is 0. The highest BCUT2D eigenvalue weighted by Gasteiger charge is 2.48. The Hall–Kier alpha value is -1.55. The highest BCUT2D eigenvalue weighted by Crippen LogP contribution is 2.17. The van der Waals surface area contributed by atoms with Gasteiger partial charge in [-0.1, -0.05) is 0 Å². The molecule has 0 saturated carbocycles. The standard InChI is InChI=1S/C11H15N4O2S/c1-13-9(15-3-5-18-6-4-15)8(7-12)10(16)14(2)11(13)17/h8H,3-6H2,1-2H3/q+1. The van der Waals surface area contributed by atoms with Crippen molar-refractivity contribution in [3.05, 3.63) is 0 Å². The number of thioether (sulfide) groups is 1. The first kappa shape index (κ1) is 12.9. The molecule has 18 heavy (non-hydrogen) atoms. The van der Waals surface area contributed by atoms with Crippen LogP contribution in [-0.2, 0) is 4.79 Å². The number of rotatable bonds is 0. The zero-order chi connectivity index (χ0) is 13.3. The van der Waals surface area contributed by atoms with Crippen molar-refractivity contribution >= 4 is 29.5 Å². The zero-order valence-electron chi connectivity index (χ0n) is 10.4. The van der Waals surface area contributed by atoms with Gasteiger partial charge in [0.15, 0.2) is 0 Å². The second kappa shape index (κ2) is 4.98. The second-order valence-corrected chi connectivity index (χ2v) is 5.48. The minimum absolute atomic E-state index is 0.375. The highest BCUT2D eigenvalue weighted by molar-refractivity contribution is 7.99. The predicted octanol–water partition coefficient (Wildman–Crippen LogP) is -0.192. The Bertz CT molecular complexity index is 460. The molecule has 1 unspecified atom stereocenters. The fourth-order valence-electron chi connectivity index (χ4n) is 2.22. The topological polar surface area (TPSA) is 67.4 Å². The molecule has 0 aromatic rings. The van der Waals surface area contributed by atoms with Gasteiger partial charge in [-0.15, -0.1) is 0 Å². The summed E-state index contributed by atoms with van der Waals surface area (Å²) in [5.41, 5.74) is 0. The van der Waals surface area contributed by atoms with E-state index in [0.717, 1.165) is 29.5 Å². The molecule has 3 amide bonds. The average molecular weight is 267 g/mol. The van der Waals surface area contributed by atoms with Gasteiger partial charge >= 0.3 is 6.03 Å². The molecule has 7 heteroatoms. The smallest absolute Gasteiger partial charge is 0.272 e. The SMILES string of the molecule is CN1C(=O)C(C#N)C(=[N+]2CCSCC2)N(C)C1=O. The summed E-state index contributed by atoms with van der Waals surface area (Å²) in [4.78, 5) is 26.3. The first-order valence-electron chi connectivity index (χ1n) is 5.72. The first-order chi connectivity index (χ1) is 8.57. The maximum atomic E-state index is 12.0. The average Bonchev–Trinajstić information content (AvgIpc) is 2.41. The van der Waals surface area contributed by atoms with Crippen LogP contribution in [0.5, 0.6) is 0 Å². The summed E-state index contributed by atoms with van der Waals surface area (Å²) in [6.45, 7) is 1.54. The van der Waals surface area contributed by atoms with E-state index >= 15 is 0 Å². The van der Waals surface area contributed by atoms with E-state index in [1.807, 2.05) is 22.4 Å². The van der Waals surface area contributed by atoms with Gasteiger partial charge in [-0.05, 0) is 0 Å². The van der Waals surface area contributed by atoms with Crippen molar-refractivity contribution < 1.29 is 14.2 Å².